The van der Waals surface area contributed by atoms with Gasteiger partial charge in [0.1, 0.15) is 0 Å². The number of hydrogen-bond acceptors (Lipinski definition) is 1. The molecule has 0 rings (SSSR count). The second-order valence-electron chi connectivity index (χ2n) is 1.28. The van der Waals surface area contributed by atoms with Crippen LogP contribution in [0.5, 0.6) is 0 Å². The number of methoxy groups -OCH3 is 1. The number of halogens is 4. The van der Waals surface area contributed by atoms with Crippen LogP contribution in [0.4, 0.5) is 0 Å². The molecule has 0 aromatic carbocycles. The highest BCUT2D eigenvalue weighted by molar-refractivity contribution is 9.69. The molecule has 62 valence electrons. The summed E-state index contributed by atoms with van der Waals surface area (Å²) in [6.07, 6.45) is 0.956. The average Bonchev–Trinajstić information content (AvgIpc) is 1.82. The molecule has 0 aliphatic heterocycles. The van der Waals surface area contributed by atoms with Crippen molar-refractivity contribution in [1.82, 2.24) is 0 Å². The summed E-state index contributed by atoms with van der Waals surface area (Å²) in [5, 5.41) is 0. The van der Waals surface area contributed by atoms with Crippen molar-refractivity contribution in [3.63, 3.8) is 0 Å². The lowest BCUT2D eigenvalue weighted by molar-refractivity contribution is 0.200. The first-order valence-electron chi connectivity index (χ1n) is 2.62. The molecule has 10 heavy (non-hydrogen) atoms. The first-order valence-corrected chi connectivity index (χ1v) is 5.90. The zero-order chi connectivity index (χ0) is 8.41. The highest BCUT2D eigenvalue weighted by Crippen LogP contribution is 2.07. The zero-order valence-electron chi connectivity index (χ0n) is 5.62. The van der Waals surface area contributed by atoms with Crippen molar-refractivity contribution in [2.75, 3.05) is 19.6 Å². The number of alkyl halides is 1. The lowest BCUT2D eigenvalue weighted by Crippen LogP contribution is -1.86. The monoisotopic (exact) mass is 356 g/mol. The molecular formula is C4H9BBr3ClO. The van der Waals surface area contributed by atoms with Crippen molar-refractivity contribution in [2.24, 2.45) is 0 Å². The standard InChI is InChI=1S/C4H9ClO.BBr3/c1-6-4-2-3-5;2-1(3)4/h2-4H2,1H3;. The van der Waals surface area contributed by atoms with Crippen LogP contribution in [0.1, 0.15) is 6.42 Å². The molecule has 0 radical (unpaired) electrons. The molecule has 0 aliphatic carbocycles. The smallest absolute Gasteiger partial charge is 0.369 e. The Balaban J connectivity index is 0. The van der Waals surface area contributed by atoms with Crippen molar-refractivity contribution in [3.05, 3.63) is 0 Å². The van der Waals surface area contributed by atoms with E-state index in [1.807, 2.05) is 0 Å². The van der Waals surface area contributed by atoms with Gasteiger partial charge in [0.25, 0.3) is 0 Å². The maximum atomic E-state index is 5.30. The summed E-state index contributed by atoms with van der Waals surface area (Å²) in [6, 6.07) is 0. The summed E-state index contributed by atoms with van der Waals surface area (Å²) in [6.45, 7) is 0.781. The third-order valence-corrected chi connectivity index (χ3v) is 0.749. The number of ether oxygens (including phenoxy) is 1. The minimum absolute atomic E-state index is 0.271. The van der Waals surface area contributed by atoms with Crippen LogP contribution in [0.2, 0.25) is 0 Å². The van der Waals surface area contributed by atoms with Gasteiger partial charge in [-0.15, -0.1) is 58.9 Å². The largest absolute Gasteiger partial charge is 0.385 e. The van der Waals surface area contributed by atoms with E-state index in [0.717, 1.165) is 13.0 Å². The van der Waals surface area contributed by atoms with Crippen molar-refractivity contribution in [2.45, 2.75) is 6.42 Å². The molecule has 6 heteroatoms. The fourth-order valence-electron chi connectivity index (χ4n) is 0.199. The van der Waals surface area contributed by atoms with E-state index in [2.05, 4.69) is 47.3 Å². The molecule has 0 aromatic rings. The van der Waals surface area contributed by atoms with Crippen LogP contribution in [0.3, 0.4) is 0 Å². The third-order valence-electron chi connectivity index (χ3n) is 0.482. The van der Waals surface area contributed by atoms with Gasteiger partial charge in [0.2, 0.25) is 0 Å². The molecule has 0 spiro atoms. The predicted molar refractivity (Wildman–Crippen MR) is 59.7 cm³/mol. The highest BCUT2D eigenvalue weighted by atomic mass is 79.9. The zero-order valence-corrected chi connectivity index (χ0v) is 11.1. The van der Waals surface area contributed by atoms with Gasteiger partial charge in [-0.2, -0.15) is 0 Å². The van der Waals surface area contributed by atoms with Crippen LogP contribution in [0.25, 0.3) is 0 Å². The Labute approximate surface area is 92.2 Å². The highest BCUT2D eigenvalue weighted by Gasteiger charge is 1.87. The lowest BCUT2D eigenvalue weighted by atomic mass is 10.5. The van der Waals surface area contributed by atoms with Crippen molar-refractivity contribution >= 4 is 62.1 Å². The van der Waals surface area contributed by atoms with Crippen LogP contribution >= 0.6 is 58.9 Å². The molecule has 0 unspecified atom stereocenters. The van der Waals surface area contributed by atoms with Gasteiger partial charge in [-0.25, -0.2) is 0 Å². The molecule has 0 saturated heterocycles. The summed E-state index contributed by atoms with van der Waals surface area (Å²) in [4.78, 5) is 0. The van der Waals surface area contributed by atoms with E-state index in [1.54, 1.807) is 7.11 Å². The fourth-order valence-corrected chi connectivity index (χ4v) is 0.308. The average molecular weight is 359 g/mol. The van der Waals surface area contributed by atoms with Gasteiger partial charge in [0.15, 0.2) is 0 Å². The normalized spacial score (nSPS) is 8.10. The summed E-state index contributed by atoms with van der Waals surface area (Å²) >= 11 is 14.6. The minimum atomic E-state index is 0.271. The van der Waals surface area contributed by atoms with Crippen molar-refractivity contribution < 1.29 is 4.74 Å². The summed E-state index contributed by atoms with van der Waals surface area (Å²) in [5.41, 5.74) is 0. The lowest BCUT2D eigenvalue weighted by Gasteiger charge is -1.88. The van der Waals surface area contributed by atoms with E-state index < -0.39 is 0 Å². The maximum absolute atomic E-state index is 5.30. The Bertz CT molecular complexity index is 51.0. The van der Waals surface area contributed by atoms with E-state index in [9.17, 15) is 0 Å². The summed E-state index contributed by atoms with van der Waals surface area (Å²) in [7, 11) is 1.67. The van der Waals surface area contributed by atoms with Gasteiger partial charge >= 0.3 is 3.18 Å². The number of rotatable bonds is 3. The second kappa shape index (κ2) is 13.4. The Hall–Kier alpha value is 1.75. The van der Waals surface area contributed by atoms with Crippen LogP contribution in [0.15, 0.2) is 0 Å². The van der Waals surface area contributed by atoms with Gasteiger partial charge in [0, 0.05) is 19.6 Å². The van der Waals surface area contributed by atoms with Crippen LogP contribution in [-0.4, -0.2) is 22.8 Å². The third kappa shape index (κ3) is 33.1. The Morgan fingerprint density at radius 1 is 1.40 bits per heavy atom. The van der Waals surface area contributed by atoms with E-state index in [4.69, 9.17) is 16.3 Å². The summed E-state index contributed by atoms with van der Waals surface area (Å²) < 4.78 is 4.97. The first-order chi connectivity index (χ1) is 4.65. The van der Waals surface area contributed by atoms with Gasteiger partial charge in [0.05, 0.1) is 0 Å². The van der Waals surface area contributed by atoms with Crippen LogP contribution in [0, 0.1) is 0 Å². The molecule has 0 heterocycles. The predicted octanol–water partition coefficient (Wildman–Crippen LogP) is 3.42. The SMILES string of the molecule is BrB(Br)Br.COCCCCl. The second-order valence-corrected chi connectivity index (χ2v) is 8.09. The van der Waals surface area contributed by atoms with Gasteiger partial charge in [-0.1, -0.05) is 0 Å². The molecule has 0 aliphatic rings. The van der Waals surface area contributed by atoms with Gasteiger partial charge in [-0.3, -0.25) is 0 Å². The van der Waals surface area contributed by atoms with Crippen molar-refractivity contribution in [3.8, 4) is 0 Å². The molecular weight excluding hydrogens is 350 g/mol. The van der Waals surface area contributed by atoms with E-state index >= 15 is 0 Å². The molecule has 0 aromatic heterocycles. The van der Waals surface area contributed by atoms with Gasteiger partial charge in [-0.05, 0) is 6.42 Å². The topological polar surface area (TPSA) is 9.23 Å². The van der Waals surface area contributed by atoms with Crippen molar-refractivity contribution in [1.29, 1.82) is 0 Å². The molecule has 0 atom stereocenters. The minimum Gasteiger partial charge on any atom is -0.385 e. The number of hydrogen-bond donors (Lipinski definition) is 0. The summed E-state index contributed by atoms with van der Waals surface area (Å²) in [5.74, 6) is 0.702. The van der Waals surface area contributed by atoms with E-state index in [0.29, 0.717) is 5.88 Å². The van der Waals surface area contributed by atoms with Gasteiger partial charge < -0.3 is 4.74 Å². The Kier molecular flexibility index (Phi) is 19.1. The van der Waals surface area contributed by atoms with E-state index in [-0.39, 0.29) is 3.18 Å². The quantitative estimate of drug-likeness (QED) is 0.426. The van der Waals surface area contributed by atoms with Crippen LogP contribution < -0.4 is 0 Å². The maximum Gasteiger partial charge on any atom is 0.369 e. The molecule has 1 nitrogen and oxygen atoms in total. The first kappa shape index (κ1) is 14.3. The molecule has 0 fully saturated rings. The van der Waals surface area contributed by atoms with E-state index in [1.165, 1.54) is 0 Å². The molecule has 0 bridgehead atoms. The molecule has 0 N–H and O–H groups in total. The Morgan fingerprint density at radius 2 is 1.80 bits per heavy atom. The fraction of sp³-hybridized carbons (Fsp3) is 1.00. The van der Waals surface area contributed by atoms with Crippen LogP contribution in [-0.2, 0) is 4.74 Å². The molecule has 0 amide bonds. The molecule has 0 saturated carbocycles. The Morgan fingerprint density at radius 3 is 1.90 bits per heavy atom.